The molecule has 1 saturated carbocycles. The van der Waals surface area contributed by atoms with E-state index in [0.717, 1.165) is 25.0 Å². The van der Waals surface area contributed by atoms with Crippen LogP contribution in [0.25, 0.3) is 0 Å². The molecule has 4 heteroatoms. The molecule has 0 aliphatic heterocycles. The van der Waals surface area contributed by atoms with Crippen molar-refractivity contribution in [2.24, 2.45) is 5.92 Å². The molecular formula is C15H17F3O. The van der Waals surface area contributed by atoms with Crippen LogP contribution in [0.3, 0.4) is 0 Å². The molecule has 0 amide bonds. The number of halogens is 3. The summed E-state index contributed by atoms with van der Waals surface area (Å²) < 4.78 is 37.2. The SMILES string of the molecule is O=C(Cc1ccc(C(F)(F)F)cc1)CC1CCCC1. The Kier molecular flexibility index (Phi) is 4.27. The summed E-state index contributed by atoms with van der Waals surface area (Å²) >= 11 is 0. The van der Waals surface area contributed by atoms with Gasteiger partial charge in [-0.2, -0.15) is 13.2 Å². The minimum absolute atomic E-state index is 0.131. The van der Waals surface area contributed by atoms with Crippen LogP contribution in [0.5, 0.6) is 0 Å². The lowest BCUT2D eigenvalue weighted by molar-refractivity contribution is -0.137. The molecular weight excluding hydrogens is 253 g/mol. The summed E-state index contributed by atoms with van der Waals surface area (Å²) in [5.41, 5.74) is -0.00418. The molecule has 1 aromatic carbocycles. The summed E-state index contributed by atoms with van der Waals surface area (Å²) in [5, 5.41) is 0. The van der Waals surface area contributed by atoms with Crippen molar-refractivity contribution < 1.29 is 18.0 Å². The third kappa shape index (κ3) is 4.08. The van der Waals surface area contributed by atoms with Gasteiger partial charge in [-0.1, -0.05) is 37.8 Å². The van der Waals surface area contributed by atoms with E-state index < -0.39 is 11.7 Å². The van der Waals surface area contributed by atoms with Gasteiger partial charge < -0.3 is 0 Å². The van der Waals surface area contributed by atoms with Gasteiger partial charge in [-0.3, -0.25) is 4.79 Å². The molecule has 0 saturated heterocycles. The number of rotatable bonds is 4. The molecule has 2 rings (SSSR count). The number of carbonyl (C=O) groups excluding carboxylic acids is 1. The van der Waals surface area contributed by atoms with E-state index in [4.69, 9.17) is 0 Å². The number of hydrogen-bond acceptors (Lipinski definition) is 1. The van der Waals surface area contributed by atoms with Gasteiger partial charge in [0.1, 0.15) is 5.78 Å². The van der Waals surface area contributed by atoms with Crippen molar-refractivity contribution in [3.05, 3.63) is 35.4 Å². The van der Waals surface area contributed by atoms with Crippen LogP contribution in [0.4, 0.5) is 13.2 Å². The summed E-state index contributed by atoms with van der Waals surface area (Å²) in [7, 11) is 0. The number of benzene rings is 1. The van der Waals surface area contributed by atoms with Gasteiger partial charge in [0.2, 0.25) is 0 Å². The minimum Gasteiger partial charge on any atom is -0.299 e. The molecule has 0 atom stereocenters. The Balaban J connectivity index is 1.90. The first-order valence-electron chi connectivity index (χ1n) is 6.63. The fraction of sp³-hybridized carbons (Fsp3) is 0.533. The molecule has 1 aliphatic rings. The maximum atomic E-state index is 12.4. The van der Waals surface area contributed by atoms with E-state index in [1.54, 1.807) is 0 Å². The summed E-state index contributed by atoms with van der Waals surface area (Å²) in [6, 6.07) is 4.88. The maximum absolute atomic E-state index is 12.4. The van der Waals surface area contributed by atoms with Gasteiger partial charge in [0.05, 0.1) is 5.56 Å². The molecule has 0 heterocycles. The van der Waals surface area contributed by atoms with Gasteiger partial charge in [0, 0.05) is 12.8 Å². The normalized spacial score (nSPS) is 16.8. The molecule has 104 valence electrons. The second-order valence-electron chi connectivity index (χ2n) is 5.26. The Morgan fingerprint density at radius 2 is 1.68 bits per heavy atom. The highest BCUT2D eigenvalue weighted by molar-refractivity contribution is 5.81. The standard InChI is InChI=1S/C15H17F3O/c16-15(17,18)13-7-5-12(6-8-13)10-14(19)9-11-3-1-2-4-11/h5-8,11H,1-4,9-10H2. The van der Waals surface area contributed by atoms with Gasteiger partial charge in [-0.05, 0) is 23.6 Å². The van der Waals surface area contributed by atoms with E-state index in [2.05, 4.69) is 0 Å². The Hall–Kier alpha value is -1.32. The molecule has 1 nitrogen and oxygen atoms in total. The Morgan fingerprint density at radius 3 is 2.21 bits per heavy atom. The fourth-order valence-electron chi connectivity index (χ4n) is 2.65. The van der Waals surface area contributed by atoms with Crippen LogP contribution < -0.4 is 0 Å². The molecule has 0 unspecified atom stereocenters. The molecule has 0 aromatic heterocycles. The van der Waals surface area contributed by atoms with Crippen molar-refractivity contribution in [3.63, 3.8) is 0 Å². The largest absolute Gasteiger partial charge is 0.416 e. The first-order valence-corrected chi connectivity index (χ1v) is 6.63. The van der Waals surface area contributed by atoms with E-state index in [9.17, 15) is 18.0 Å². The van der Waals surface area contributed by atoms with Gasteiger partial charge in [0.15, 0.2) is 0 Å². The van der Waals surface area contributed by atoms with Crippen molar-refractivity contribution >= 4 is 5.78 Å². The van der Waals surface area contributed by atoms with Crippen molar-refractivity contribution in [2.45, 2.75) is 44.7 Å². The maximum Gasteiger partial charge on any atom is 0.416 e. The van der Waals surface area contributed by atoms with Crippen LogP contribution in [0.2, 0.25) is 0 Å². The average molecular weight is 270 g/mol. The van der Waals surface area contributed by atoms with E-state index >= 15 is 0 Å². The molecule has 0 N–H and O–H groups in total. The van der Waals surface area contributed by atoms with Crippen molar-refractivity contribution in [1.29, 1.82) is 0 Å². The van der Waals surface area contributed by atoms with Crippen LogP contribution in [-0.2, 0) is 17.4 Å². The first kappa shape index (κ1) is 14.1. The van der Waals surface area contributed by atoms with Gasteiger partial charge in [-0.15, -0.1) is 0 Å². The van der Waals surface area contributed by atoms with Gasteiger partial charge in [0.25, 0.3) is 0 Å². The third-order valence-corrected chi connectivity index (χ3v) is 3.67. The predicted molar refractivity (Wildman–Crippen MR) is 66.7 cm³/mol. The highest BCUT2D eigenvalue weighted by Gasteiger charge is 2.30. The summed E-state index contributed by atoms with van der Waals surface area (Å²) in [6.07, 6.45) is 1.11. The lowest BCUT2D eigenvalue weighted by Gasteiger charge is -2.09. The zero-order valence-corrected chi connectivity index (χ0v) is 10.7. The lowest BCUT2D eigenvalue weighted by Crippen LogP contribution is -2.09. The number of Topliss-reactive ketones (excluding diaryl/α,β-unsaturated/α-hetero) is 1. The molecule has 0 radical (unpaired) electrons. The topological polar surface area (TPSA) is 17.1 Å². The Morgan fingerprint density at radius 1 is 1.11 bits per heavy atom. The minimum atomic E-state index is -4.31. The van der Waals surface area contributed by atoms with E-state index in [0.29, 0.717) is 17.9 Å². The number of carbonyl (C=O) groups is 1. The zero-order valence-electron chi connectivity index (χ0n) is 10.7. The van der Waals surface area contributed by atoms with Gasteiger partial charge >= 0.3 is 6.18 Å². The van der Waals surface area contributed by atoms with Crippen molar-refractivity contribution in [2.75, 3.05) is 0 Å². The molecule has 0 spiro atoms. The summed E-state index contributed by atoms with van der Waals surface area (Å²) in [4.78, 5) is 11.8. The molecule has 1 fully saturated rings. The molecule has 1 aromatic rings. The van der Waals surface area contributed by atoms with Crippen LogP contribution in [-0.4, -0.2) is 5.78 Å². The monoisotopic (exact) mass is 270 g/mol. The second-order valence-corrected chi connectivity index (χ2v) is 5.26. The quantitative estimate of drug-likeness (QED) is 0.792. The zero-order chi connectivity index (χ0) is 13.9. The van der Waals surface area contributed by atoms with Crippen LogP contribution in [0.15, 0.2) is 24.3 Å². The molecule has 19 heavy (non-hydrogen) atoms. The summed E-state index contributed by atoms with van der Waals surface area (Å²) in [6.45, 7) is 0. The molecule has 0 bridgehead atoms. The van der Waals surface area contributed by atoms with Crippen LogP contribution >= 0.6 is 0 Å². The van der Waals surface area contributed by atoms with E-state index in [-0.39, 0.29) is 12.2 Å². The smallest absolute Gasteiger partial charge is 0.299 e. The number of alkyl halides is 3. The highest BCUT2D eigenvalue weighted by atomic mass is 19.4. The van der Waals surface area contributed by atoms with Crippen molar-refractivity contribution in [3.8, 4) is 0 Å². The lowest BCUT2D eigenvalue weighted by atomic mass is 9.97. The third-order valence-electron chi connectivity index (χ3n) is 3.67. The van der Waals surface area contributed by atoms with Crippen LogP contribution in [0, 0.1) is 5.92 Å². The number of ketones is 1. The van der Waals surface area contributed by atoms with Crippen LogP contribution in [0.1, 0.15) is 43.2 Å². The van der Waals surface area contributed by atoms with Gasteiger partial charge in [-0.25, -0.2) is 0 Å². The van der Waals surface area contributed by atoms with E-state index in [1.807, 2.05) is 0 Å². The Bertz CT molecular complexity index is 428. The average Bonchev–Trinajstić information content (AvgIpc) is 2.81. The fourth-order valence-corrected chi connectivity index (χ4v) is 2.65. The molecule has 1 aliphatic carbocycles. The first-order chi connectivity index (χ1) is 8.95. The second kappa shape index (κ2) is 5.76. The number of hydrogen-bond donors (Lipinski definition) is 0. The Labute approximate surface area is 110 Å². The van der Waals surface area contributed by atoms with E-state index in [1.165, 1.54) is 25.0 Å². The summed E-state index contributed by atoms with van der Waals surface area (Å²) in [5.74, 6) is 0.619. The van der Waals surface area contributed by atoms with Crippen molar-refractivity contribution in [1.82, 2.24) is 0 Å². The predicted octanol–water partition coefficient (Wildman–Crippen LogP) is 4.40. The highest BCUT2D eigenvalue weighted by Crippen LogP contribution is 2.30.